The van der Waals surface area contributed by atoms with Gasteiger partial charge in [-0.25, -0.2) is 0 Å². The lowest BCUT2D eigenvalue weighted by molar-refractivity contribution is 0.415. The van der Waals surface area contributed by atoms with Crippen molar-refractivity contribution in [2.24, 2.45) is 0 Å². The number of hydrogen-bond acceptors (Lipinski definition) is 3. The first-order chi connectivity index (χ1) is 8.67. The predicted octanol–water partition coefficient (Wildman–Crippen LogP) is 3.29. The molecular weight excluding hydrogens is 226 g/mol. The summed E-state index contributed by atoms with van der Waals surface area (Å²) in [6.07, 6.45) is 1.72. The molecule has 1 N–H and O–H groups in total. The van der Waals surface area contributed by atoms with Crippen molar-refractivity contribution in [3.8, 4) is 16.9 Å². The second-order valence-electron chi connectivity index (χ2n) is 4.45. The summed E-state index contributed by atoms with van der Waals surface area (Å²) in [7, 11) is 3.61. The number of ether oxygens (including phenoxy) is 1. The van der Waals surface area contributed by atoms with Crippen molar-refractivity contribution in [3.05, 3.63) is 41.3 Å². The van der Waals surface area contributed by atoms with E-state index >= 15 is 0 Å². The molecule has 0 radical (unpaired) electrons. The molecule has 0 fully saturated rings. The van der Waals surface area contributed by atoms with Crippen LogP contribution >= 0.6 is 0 Å². The van der Waals surface area contributed by atoms with Gasteiger partial charge >= 0.3 is 0 Å². The average Bonchev–Trinajstić information content (AvgIpc) is 2.76. The molecule has 0 aliphatic rings. The van der Waals surface area contributed by atoms with Crippen molar-refractivity contribution >= 4 is 0 Å². The molecule has 0 aliphatic carbocycles. The summed E-state index contributed by atoms with van der Waals surface area (Å²) >= 11 is 0. The Morgan fingerprint density at radius 3 is 2.72 bits per heavy atom. The lowest BCUT2D eigenvalue weighted by atomic mass is 9.97. The lowest BCUT2D eigenvalue weighted by Crippen LogP contribution is -2.05. The van der Waals surface area contributed by atoms with Crippen LogP contribution in [-0.4, -0.2) is 14.2 Å². The third-order valence-corrected chi connectivity index (χ3v) is 3.02. The first-order valence-corrected chi connectivity index (χ1v) is 6.04. The monoisotopic (exact) mass is 245 g/mol. The fourth-order valence-electron chi connectivity index (χ4n) is 2.30. The maximum atomic E-state index is 5.53. The molecule has 2 aromatic rings. The highest BCUT2D eigenvalue weighted by atomic mass is 16.5. The van der Waals surface area contributed by atoms with Gasteiger partial charge in [-0.2, -0.15) is 0 Å². The minimum absolute atomic E-state index is 0.707. The minimum Gasteiger partial charge on any atom is -0.496 e. The van der Waals surface area contributed by atoms with Crippen molar-refractivity contribution < 1.29 is 9.15 Å². The molecule has 1 aromatic heterocycles. The van der Waals surface area contributed by atoms with Crippen molar-refractivity contribution in [2.45, 2.75) is 20.4 Å². The van der Waals surface area contributed by atoms with E-state index in [-0.39, 0.29) is 0 Å². The molecule has 0 bridgehead atoms. The average molecular weight is 245 g/mol. The molecule has 2 rings (SSSR count). The Hall–Kier alpha value is -1.74. The van der Waals surface area contributed by atoms with Crippen LogP contribution < -0.4 is 10.1 Å². The Kier molecular flexibility index (Phi) is 3.72. The smallest absolute Gasteiger partial charge is 0.127 e. The van der Waals surface area contributed by atoms with Gasteiger partial charge in [-0.1, -0.05) is 6.07 Å². The summed E-state index contributed by atoms with van der Waals surface area (Å²) in [4.78, 5) is 0. The molecule has 0 unspecified atom stereocenters. The molecule has 0 amide bonds. The van der Waals surface area contributed by atoms with Gasteiger partial charge in [0, 0.05) is 11.1 Å². The van der Waals surface area contributed by atoms with Crippen molar-refractivity contribution in [3.63, 3.8) is 0 Å². The Morgan fingerprint density at radius 2 is 2.06 bits per heavy atom. The highest BCUT2D eigenvalue weighted by Gasteiger charge is 2.15. The Bertz CT molecular complexity index is 543. The molecule has 1 aromatic carbocycles. The van der Waals surface area contributed by atoms with Crippen molar-refractivity contribution in [1.29, 1.82) is 0 Å². The van der Waals surface area contributed by atoms with Crippen LogP contribution in [0.15, 0.2) is 28.9 Å². The van der Waals surface area contributed by atoms with Crippen LogP contribution in [0.5, 0.6) is 5.75 Å². The number of hydrogen-bond donors (Lipinski definition) is 1. The van der Waals surface area contributed by atoms with Crippen molar-refractivity contribution in [1.82, 2.24) is 5.32 Å². The van der Waals surface area contributed by atoms with Gasteiger partial charge in [0.25, 0.3) is 0 Å². The summed E-state index contributed by atoms with van der Waals surface area (Å²) in [6, 6.07) is 6.21. The van der Waals surface area contributed by atoms with Gasteiger partial charge in [-0.15, -0.1) is 0 Å². The zero-order valence-electron chi connectivity index (χ0n) is 11.3. The molecule has 96 valence electrons. The number of rotatable bonds is 4. The van der Waals surface area contributed by atoms with E-state index in [1.807, 2.05) is 13.1 Å². The summed E-state index contributed by atoms with van der Waals surface area (Å²) < 4.78 is 11.0. The summed E-state index contributed by atoms with van der Waals surface area (Å²) in [5, 5.41) is 3.11. The summed E-state index contributed by atoms with van der Waals surface area (Å²) in [5.74, 6) is 1.83. The zero-order valence-corrected chi connectivity index (χ0v) is 11.3. The lowest BCUT2D eigenvalue weighted by Gasteiger charge is -2.13. The Labute approximate surface area is 108 Å². The number of nitrogens with one attached hydrogen (secondary N) is 1. The first-order valence-electron chi connectivity index (χ1n) is 6.04. The van der Waals surface area contributed by atoms with Gasteiger partial charge in [-0.3, -0.25) is 0 Å². The van der Waals surface area contributed by atoms with E-state index in [1.54, 1.807) is 13.4 Å². The summed E-state index contributed by atoms with van der Waals surface area (Å²) in [5.41, 5.74) is 4.61. The van der Waals surface area contributed by atoms with Crippen molar-refractivity contribution in [2.75, 3.05) is 14.2 Å². The van der Waals surface area contributed by atoms with Gasteiger partial charge in [-0.05, 0) is 44.2 Å². The minimum atomic E-state index is 0.707. The quantitative estimate of drug-likeness (QED) is 0.897. The third kappa shape index (κ3) is 2.27. The van der Waals surface area contributed by atoms with Crippen LogP contribution in [0.3, 0.4) is 0 Å². The number of furan rings is 1. The molecule has 18 heavy (non-hydrogen) atoms. The van der Waals surface area contributed by atoms with Gasteiger partial charge in [0.15, 0.2) is 0 Å². The van der Waals surface area contributed by atoms with E-state index in [2.05, 4.69) is 31.3 Å². The topological polar surface area (TPSA) is 34.4 Å². The van der Waals surface area contributed by atoms with Crippen LogP contribution in [0, 0.1) is 13.8 Å². The normalized spacial score (nSPS) is 10.7. The van der Waals surface area contributed by atoms with Gasteiger partial charge in [0.2, 0.25) is 0 Å². The fourth-order valence-corrected chi connectivity index (χ4v) is 2.30. The van der Waals surface area contributed by atoms with Crippen LogP contribution in [0.2, 0.25) is 0 Å². The van der Waals surface area contributed by atoms with Crippen LogP contribution in [-0.2, 0) is 6.54 Å². The van der Waals surface area contributed by atoms with Crippen LogP contribution in [0.1, 0.15) is 16.9 Å². The SMILES string of the molecule is CNCc1occc1-c1c(C)cc(C)cc1OC. The van der Waals surface area contributed by atoms with Gasteiger partial charge in [0.1, 0.15) is 11.5 Å². The summed E-state index contributed by atoms with van der Waals surface area (Å²) in [6.45, 7) is 4.88. The molecule has 3 nitrogen and oxygen atoms in total. The molecule has 0 saturated carbocycles. The molecule has 0 aliphatic heterocycles. The Balaban J connectivity index is 2.59. The van der Waals surface area contributed by atoms with Crippen LogP contribution in [0.25, 0.3) is 11.1 Å². The van der Waals surface area contributed by atoms with E-state index in [1.165, 1.54) is 11.1 Å². The van der Waals surface area contributed by atoms with Gasteiger partial charge in [0.05, 0.1) is 19.9 Å². The molecule has 0 atom stereocenters. The first kappa shape index (κ1) is 12.7. The Morgan fingerprint density at radius 1 is 1.28 bits per heavy atom. The fraction of sp³-hybridized carbons (Fsp3) is 0.333. The van der Waals surface area contributed by atoms with E-state index in [4.69, 9.17) is 9.15 Å². The molecule has 0 spiro atoms. The largest absolute Gasteiger partial charge is 0.496 e. The predicted molar refractivity (Wildman–Crippen MR) is 72.9 cm³/mol. The molecule has 0 saturated heterocycles. The van der Waals surface area contributed by atoms with Gasteiger partial charge < -0.3 is 14.5 Å². The highest BCUT2D eigenvalue weighted by molar-refractivity contribution is 5.75. The zero-order chi connectivity index (χ0) is 13.1. The third-order valence-electron chi connectivity index (χ3n) is 3.02. The van der Waals surface area contributed by atoms with Crippen LogP contribution in [0.4, 0.5) is 0 Å². The highest BCUT2D eigenvalue weighted by Crippen LogP contribution is 2.36. The number of methoxy groups -OCH3 is 1. The number of benzene rings is 1. The van der Waals surface area contributed by atoms with E-state index < -0.39 is 0 Å². The standard InChI is InChI=1S/C15H19NO2/c1-10-7-11(2)15(13(8-10)17-4)12-5-6-18-14(12)9-16-3/h5-8,16H,9H2,1-4H3. The molecular formula is C15H19NO2. The molecule has 3 heteroatoms. The molecule has 1 heterocycles. The second-order valence-corrected chi connectivity index (χ2v) is 4.45. The maximum absolute atomic E-state index is 5.53. The maximum Gasteiger partial charge on any atom is 0.127 e. The second kappa shape index (κ2) is 5.27. The van der Waals surface area contributed by atoms with E-state index in [0.29, 0.717) is 6.54 Å². The number of aryl methyl sites for hydroxylation is 2. The van der Waals surface area contributed by atoms with E-state index in [9.17, 15) is 0 Å². The van der Waals surface area contributed by atoms with E-state index in [0.717, 1.165) is 22.6 Å².